The molecule has 4 aliphatic rings. The number of nitrogens with zero attached hydrogens (tertiary/aromatic N) is 8. The van der Waals surface area contributed by atoms with E-state index in [-0.39, 0.29) is 29.2 Å². The molecule has 1 aliphatic carbocycles. The van der Waals surface area contributed by atoms with Crippen molar-refractivity contribution in [2.24, 2.45) is 12.5 Å². The van der Waals surface area contributed by atoms with Gasteiger partial charge in [-0.2, -0.15) is 13.2 Å². The molecule has 5 aromatic rings. The van der Waals surface area contributed by atoms with Gasteiger partial charge in [-0.05, 0) is 98.2 Å². The first-order valence-electron chi connectivity index (χ1n) is 23.8. The number of halogens is 3. The Morgan fingerprint density at radius 3 is 2.44 bits per heavy atom. The number of pyridine rings is 1. The van der Waals surface area contributed by atoms with E-state index in [1.807, 2.05) is 17.0 Å². The zero-order valence-corrected chi connectivity index (χ0v) is 41.5. The van der Waals surface area contributed by atoms with Crippen LogP contribution in [-0.2, 0) is 58.6 Å². The van der Waals surface area contributed by atoms with Crippen LogP contribution in [0.2, 0.25) is 0 Å². The Balaban J connectivity index is 0.926. The summed E-state index contributed by atoms with van der Waals surface area (Å²) in [5, 5.41) is 16.1. The fourth-order valence-electron chi connectivity index (χ4n) is 10.9. The van der Waals surface area contributed by atoms with Gasteiger partial charge in [-0.15, -0.1) is 0 Å². The molecule has 1 atom stereocenters. The maximum atomic E-state index is 14.1. The lowest BCUT2D eigenvalue weighted by Crippen LogP contribution is -2.57. The summed E-state index contributed by atoms with van der Waals surface area (Å²) in [6, 6.07) is 12.6. The number of aliphatic hydroxyl groups is 1. The maximum absolute atomic E-state index is 14.1. The van der Waals surface area contributed by atoms with E-state index in [4.69, 9.17) is 4.98 Å². The van der Waals surface area contributed by atoms with Crippen molar-refractivity contribution >= 4 is 62.8 Å². The van der Waals surface area contributed by atoms with Crippen LogP contribution in [-0.4, -0.2) is 113 Å². The van der Waals surface area contributed by atoms with E-state index in [1.54, 1.807) is 48.6 Å². The number of benzene rings is 2. The van der Waals surface area contributed by atoms with E-state index < -0.39 is 44.5 Å². The van der Waals surface area contributed by atoms with Crippen LogP contribution in [0.3, 0.4) is 0 Å². The number of hydrogen-bond donors (Lipinski definition) is 3. The Kier molecular flexibility index (Phi) is 13.4. The number of alkyl halides is 3. The van der Waals surface area contributed by atoms with Crippen molar-refractivity contribution < 1.29 is 41.1 Å². The Morgan fingerprint density at radius 2 is 1.75 bits per heavy atom. The number of nitrogens with one attached hydrogen (secondary N) is 2. The molecular formula is C51H57F3N10O7S. The third-order valence-corrected chi connectivity index (χ3v) is 15.5. The Hall–Kier alpha value is -6.84. The molecule has 0 spiro atoms. The van der Waals surface area contributed by atoms with Gasteiger partial charge in [0.05, 0.1) is 22.8 Å². The van der Waals surface area contributed by atoms with E-state index in [1.165, 1.54) is 28.0 Å². The average Bonchev–Trinajstić information content (AvgIpc) is 3.83. The largest absolute Gasteiger partial charge is 0.417 e. The Bertz CT molecular complexity index is 3180. The molecule has 0 bridgehead atoms. The van der Waals surface area contributed by atoms with Gasteiger partial charge >= 0.3 is 6.18 Å². The highest BCUT2D eigenvalue weighted by Crippen LogP contribution is 2.41. The number of imide groups is 1. The van der Waals surface area contributed by atoms with Crippen molar-refractivity contribution in [1.29, 1.82) is 0 Å². The molecule has 3 aromatic heterocycles. The highest BCUT2D eigenvalue weighted by molar-refractivity contribution is 7.90. The summed E-state index contributed by atoms with van der Waals surface area (Å²) in [7, 11) is -2.50. The monoisotopic (exact) mass is 1010 g/mol. The first kappa shape index (κ1) is 50.1. The second-order valence-corrected chi connectivity index (χ2v) is 21.9. The molecule has 0 saturated carbocycles. The van der Waals surface area contributed by atoms with Gasteiger partial charge in [0.15, 0.2) is 15.7 Å². The quantitative estimate of drug-likeness (QED) is 0.104. The van der Waals surface area contributed by atoms with Crippen LogP contribution in [0.25, 0.3) is 17.3 Å². The SMILES string of the molecule is C[C@H]1CN(C2CCN(c3ccc(S(C)(=O)=O)c(C(F)(F)F)c3)CC2)CCN1c1ccc(Nc2nc(-c3ccnc(N4CCn5c(cc6c5CC(C)(C)C6)C4=O)c3CO)cn(C)c2=O)cc1C=CC(=O)NC=O. The highest BCUT2D eigenvalue weighted by Gasteiger charge is 2.39. The number of rotatable bonds is 12. The minimum atomic E-state index is -4.83. The van der Waals surface area contributed by atoms with Crippen molar-refractivity contribution in [1.82, 2.24) is 29.3 Å². The van der Waals surface area contributed by atoms with Crippen molar-refractivity contribution in [3.05, 3.63) is 111 Å². The minimum absolute atomic E-state index is 0.0253. The van der Waals surface area contributed by atoms with Crippen LogP contribution in [0, 0.1) is 5.41 Å². The van der Waals surface area contributed by atoms with Gasteiger partial charge < -0.3 is 29.4 Å². The first-order valence-corrected chi connectivity index (χ1v) is 25.7. The summed E-state index contributed by atoms with van der Waals surface area (Å²) < 4.78 is 69.6. The third kappa shape index (κ3) is 9.88. The van der Waals surface area contributed by atoms with Crippen LogP contribution in [0.15, 0.2) is 76.7 Å². The van der Waals surface area contributed by atoms with Crippen LogP contribution < -0.4 is 30.9 Å². The van der Waals surface area contributed by atoms with Crippen molar-refractivity contribution in [2.45, 2.75) is 82.8 Å². The molecule has 3 aliphatic heterocycles. The molecule has 3 amide bonds. The summed E-state index contributed by atoms with van der Waals surface area (Å²) in [6.07, 6.45) is 5.33. The summed E-state index contributed by atoms with van der Waals surface area (Å²) in [5.74, 6) is -0.552. The molecule has 2 fully saturated rings. The Morgan fingerprint density at radius 1 is 0.986 bits per heavy atom. The van der Waals surface area contributed by atoms with Gasteiger partial charge in [0.1, 0.15) is 11.5 Å². The van der Waals surface area contributed by atoms with Crippen molar-refractivity contribution in [3.63, 3.8) is 0 Å². The highest BCUT2D eigenvalue weighted by atomic mass is 32.2. The smallest absolute Gasteiger partial charge is 0.392 e. The molecule has 0 unspecified atom stereocenters. The number of aryl methyl sites for hydroxylation is 1. The van der Waals surface area contributed by atoms with E-state index in [2.05, 4.69) is 50.8 Å². The van der Waals surface area contributed by atoms with Gasteiger partial charge in [-0.25, -0.2) is 18.4 Å². The molecular weight excluding hydrogens is 954 g/mol. The van der Waals surface area contributed by atoms with Gasteiger partial charge in [0.25, 0.3) is 11.5 Å². The van der Waals surface area contributed by atoms with Crippen molar-refractivity contribution in [2.75, 3.05) is 65.5 Å². The molecule has 3 N–H and O–H groups in total. The standard InChI is InChI=1S/C51H57F3N10O7S/c1-31-27-61(35-13-16-60(17-14-35)36-8-10-44(72(5,70)71)39(24-36)51(52,53)54)18-19-62(31)41-9-7-34(22-32(41)6-11-45(67)56-30-66)57-46-49(69)59(4)28-40(58-46)37-12-15-55-47(38(37)29-65)64-21-20-63-42(48(64)68)23-33-25-50(2,3)26-43(33)63/h6-12,15,22-24,28,30-31,35,65H,13-14,16-21,25-27,29H2,1-5H3,(H,57,58)(H,56,66,67)/t31-/m0/s1. The fourth-order valence-corrected chi connectivity index (χ4v) is 11.8. The molecule has 17 nitrogen and oxygen atoms in total. The Labute approximate surface area is 414 Å². The van der Waals surface area contributed by atoms with Crippen LogP contribution in [0.1, 0.15) is 72.0 Å². The molecule has 9 rings (SSSR count). The number of piperazine rings is 1. The van der Waals surface area contributed by atoms with Crippen molar-refractivity contribution in [3.8, 4) is 11.3 Å². The van der Waals surface area contributed by atoms with Gasteiger partial charge in [0, 0.05) is 129 Å². The summed E-state index contributed by atoms with van der Waals surface area (Å²) in [5.41, 5.74) is 4.89. The number of anilines is 5. The number of hydrogen-bond acceptors (Lipinski definition) is 13. The van der Waals surface area contributed by atoms with Gasteiger partial charge in [-0.1, -0.05) is 13.8 Å². The molecule has 380 valence electrons. The lowest BCUT2D eigenvalue weighted by Gasteiger charge is -2.47. The number of amides is 3. The summed E-state index contributed by atoms with van der Waals surface area (Å²) in [4.78, 5) is 68.0. The molecule has 2 saturated heterocycles. The zero-order valence-electron chi connectivity index (χ0n) is 40.7. The fraction of sp³-hybridized carbons (Fsp3) is 0.412. The van der Waals surface area contributed by atoms with Crippen LogP contribution >= 0.6 is 0 Å². The topological polar surface area (TPSA) is 195 Å². The molecule has 6 heterocycles. The van der Waals surface area contributed by atoms with E-state index >= 15 is 0 Å². The zero-order chi connectivity index (χ0) is 51.4. The molecule has 21 heteroatoms. The number of aromatic nitrogens is 4. The van der Waals surface area contributed by atoms with Crippen LogP contribution in [0.5, 0.6) is 0 Å². The molecule has 2 aromatic carbocycles. The lowest BCUT2D eigenvalue weighted by molar-refractivity contribution is -0.139. The second kappa shape index (κ2) is 19.3. The number of aliphatic hydroxyl groups excluding tert-OH is 1. The third-order valence-electron chi connectivity index (χ3n) is 14.3. The van der Waals surface area contributed by atoms with E-state index in [0.29, 0.717) is 110 Å². The predicted molar refractivity (Wildman–Crippen MR) is 267 cm³/mol. The normalized spacial score (nSPS) is 18.7. The van der Waals surface area contributed by atoms with Gasteiger partial charge in [-0.3, -0.25) is 34.3 Å². The summed E-state index contributed by atoms with van der Waals surface area (Å²) >= 11 is 0. The summed E-state index contributed by atoms with van der Waals surface area (Å²) in [6.45, 7) is 9.93. The number of carbonyl (C=O) groups is 3. The van der Waals surface area contributed by atoms with Gasteiger partial charge in [0.2, 0.25) is 12.3 Å². The average molecular weight is 1010 g/mol. The molecule has 0 radical (unpaired) electrons. The number of fused-ring (bicyclic) bond motifs is 3. The second-order valence-electron chi connectivity index (χ2n) is 19.9. The lowest BCUT2D eigenvalue weighted by atomic mass is 9.90. The number of sulfone groups is 1. The van der Waals surface area contributed by atoms with E-state index in [0.717, 1.165) is 36.9 Å². The number of carbonyl (C=O) groups excluding carboxylic acids is 3. The van der Waals surface area contributed by atoms with Crippen LogP contribution in [0.4, 0.5) is 41.9 Å². The number of piperidine rings is 1. The predicted octanol–water partition coefficient (Wildman–Crippen LogP) is 5.55. The first-order chi connectivity index (χ1) is 34.1. The maximum Gasteiger partial charge on any atom is 0.417 e. The van der Waals surface area contributed by atoms with E-state index in [9.17, 15) is 45.9 Å². The molecule has 72 heavy (non-hydrogen) atoms. The minimum Gasteiger partial charge on any atom is -0.392 e.